The molecule has 0 spiro atoms. The first-order valence-electron chi connectivity index (χ1n) is 12.0. The predicted molar refractivity (Wildman–Crippen MR) is 130 cm³/mol. The summed E-state index contributed by atoms with van der Waals surface area (Å²) in [5.74, 6) is 1.32. The van der Waals surface area contributed by atoms with Gasteiger partial charge in [0.1, 0.15) is 6.10 Å². The van der Waals surface area contributed by atoms with Gasteiger partial charge in [0.25, 0.3) is 0 Å². The zero-order chi connectivity index (χ0) is 23.8. The second-order valence-electron chi connectivity index (χ2n) is 10.0. The van der Waals surface area contributed by atoms with E-state index in [-0.39, 0.29) is 17.8 Å². The maximum atomic E-state index is 11.7. The molecule has 1 saturated heterocycles. The standard InChI is InChI=1S/C25H35BrN4O3/c1-16-11-22-21(6-5-18(3)25(22,32)12-23(16)33-19(4)31)17(2)15-29-7-9-30(10-8-29)24-27-13-20(26)14-28-24/h11,13-14,17-18,21-23,32H,5-10,15H2,1-4H3/t17-,18+,21-,22+,23+,25+/m0/s1. The highest BCUT2D eigenvalue weighted by molar-refractivity contribution is 9.10. The molecule has 2 radical (unpaired) electrons. The number of aromatic nitrogens is 2. The summed E-state index contributed by atoms with van der Waals surface area (Å²) in [6.45, 7) is 12.6. The Labute approximate surface area is 205 Å². The van der Waals surface area contributed by atoms with E-state index in [2.05, 4.69) is 62.0 Å². The number of carbonyl (C=O) groups excluding carboxylic acids is 1. The Bertz CT molecular complexity index is 871. The van der Waals surface area contributed by atoms with Gasteiger partial charge in [-0.25, -0.2) is 9.97 Å². The molecule has 2 aliphatic carbocycles. The number of halogens is 1. The second-order valence-corrected chi connectivity index (χ2v) is 10.9. The molecule has 6 atom stereocenters. The lowest BCUT2D eigenvalue weighted by Gasteiger charge is -2.53. The van der Waals surface area contributed by atoms with Gasteiger partial charge >= 0.3 is 5.97 Å². The van der Waals surface area contributed by atoms with Crippen LogP contribution >= 0.6 is 15.9 Å². The molecule has 1 saturated carbocycles. The Morgan fingerprint density at radius 1 is 1.30 bits per heavy atom. The Morgan fingerprint density at radius 2 is 1.97 bits per heavy atom. The quantitative estimate of drug-likeness (QED) is 0.472. The minimum atomic E-state index is -1.06. The number of esters is 1. The fourth-order valence-electron chi connectivity index (χ4n) is 5.75. The fraction of sp³-hybridized carbons (Fsp3) is 0.680. The van der Waals surface area contributed by atoms with Gasteiger partial charge in [-0.2, -0.15) is 0 Å². The number of piperazine rings is 1. The molecule has 0 bridgehead atoms. The van der Waals surface area contributed by atoms with Crippen LogP contribution in [0.1, 0.15) is 40.5 Å². The van der Waals surface area contributed by atoms with Crippen molar-refractivity contribution in [2.45, 2.75) is 52.2 Å². The summed E-state index contributed by atoms with van der Waals surface area (Å²) in [7, 11) is 0. The van der Waals surface area contributed by atoms with E-state index in [0.29, 0.717) is 11.8 Å². The van der Waals surface area contributed by atoms with E-state index in [1.807, 2.05) is 6.92 Å². The molecule has 1 N–H and O–H groups in total. The summed E-state index contributed by atoms with van der Waals surface area (Å²) in [6, 6.07) is 0. The molecular formula is C25H35BrN4O3. The molecule has 1 aromatic rings. The number of rotatable bonds is 5. The predicted octanol–water partition coefficient (Wildman–Crippen LogP) is 3.36. The number of aliphatic hydroxyl groups is 1. The van der Waals surface area contributed by atoms with Crippen LogP contribution < -0.4 is 4.90 Å². The van der Waals surface area contributed by atoms with Crippen molar-refractivity contribution in [2.75, 3.05) is 37.6 Å². The van der Waals surface area contributed by atoms with Gasteiger partial charge in [-0.1, -0.05) is 19.9 Å². The normalized spacial score (nSPS) is 33.8. The molecule has 3 aliphatic rings. The smallest absolute Gasteiger partial charge is 0.303 e. The van der Waals surface area contributed by atoms with Gasteiger partial charge in [-0.05, 0) is 59.0 Å². The molecule has 0 unspecified atom stereocenters. The first-order chi connectivity index (χ1) is 15.7. The molecule has 2 heterocycles. The zero-order valence-corrected chi connectivity index (χ0v) is 21.6. The van der Waals surface area contributed by atoms with Crippen molar-refractivity contribution in [1.82, 2.24) is 14.9 Å². The van der Waals surface area contributed by atoms with Crippen LogP contribution in [0.15, 0.2) is 28.5 Å². The number of hydrogen-bond acceptors (Lipinski definition) is 7. The van der Waals surface area contributed by atoms with Crippen LogP contribution in [0.2, 0.25) is 0 Å². The van der Waals surface area contributed by atoms with Crippen LogP contribution in [0, 0.1) is 30.1 Å². The lowest BCUT2D eigenvalue weighted by atomic mass is 9.57. The fourth-order valence-corrected chi connectivity index (χ4v) is 5.95. The second kappa shape index (κ2) is 10.0. The molecule has 1 aromatic heterocycles. The minimum Gasteiger partial charge on any atom is -0.457 e. The van der Waals surface area contributed by atoms with Crippen LogP contribution in [-0.4, -0.2) is 70.4 Å². The Balaban J connectivity index is 1.40. The molecule has 4 rings (SSSR count). The third-order valence-electron chi connectivity index (χ3n) is 7.69. The zero-order valence-electron chi connectivity index (χ0n) is 20.0. The summed E-state index contributed by atoms with van der Waals surface area (Å²) in [5.41, 5.74) is -0.0942. The monoisotopic (exact) mass is 518 g/mol. The van der Waals surface area contributed by atoms with Crippen molar-refractivity contribution in [3.05, 3.63) is 34.9 Å². The van der Waals surface area contributed by atoms with Crippen LogP contribution in [0.3, 0.4) is 0 Å². The van der Waals surface area contributed by atoms with Gasteiger partial charge in [-0.15, -0.1) is 0 Å². The Hall–Kier alpha value is -1.51. The average molecular weight is 519 g/mol. The molecule has 8 heteroatoms. The van der Waals surface area contributed by atoms with Gasteiger partial charge in [0.05, 0.1) is 16.5 Å². The van der Waals surface area contributed by atoms with Crippen molar-refractivity contribution in [3.63, 3.8) is 0 Å². The first kappa shape index (κ1) is 24.6. The van der Waals surface area contributed by atoms with Crippen LogP contribution in [0.4, 0.5) is 5.95 Å². The lowest BCUT2D eigenvalue weighted by Crippen LogP contribution is -2.57. The minimum absolute atomic E-state index is 0.000475. The van der Waals surface area contributed by atoms with Gasteiger partial charge in [0.2, 0.25) is 5.95 Å². The number of hydrogen-bond donors (Lipinski definition) is 1. The maximum Gasteiger partial charge on any atom is 0.303 e. The molecule has 0 amide bonds. The number of anilines is 1. The number of ether oxygens (including phenoxy) is 1. The molecule has 7 nitrogen and oxygen atoms in total. The van der Waals surface area contributed by atoms with Crippen LogP contribution in [0.25, 0.3) is 0 Å². The van der Waals surface area contributed by atoms with Crippen molar-refractivity contribution in [1.29, 1.82) is 0 Å². The maximum absolute atomic E-state index is 11.7. The summed E-state index contributed by atoms with van der Waals surface area (Å²) in [6.07, 6.45) is 10.5. The average Bonchev–Trinajstić information content (AvgIpc) is 2.77. The SMILES string of the molecule is CC(=O)O[C@@H]1[C][C@@]2(O)[C@H](C)CC[C@@H]([C@@H](C)CN3CCN(c4ncc(Br)cn4)CC3)[C@H]2C=C1C. The molecule has 0 aromatic carbocycles. The first-order valence-corrected chi connectivity index (χ1v) is 12.8. The molecular weight excluding hydrogens is 484 g/mol. The molecule has 180 valence electrons. The molecule has 1 aliphatic heterocycles. The van der Waals surface area contributed by atoms with E-state index in [4.69, 9.17) is 4.74 Å². The summed E-state index contributed by atoms with van der Waals surface area (Å²) in [5, 5.41) is 11.7. The van der Waals surface area contributed by atoms with Gasteiger partial charge in [-0.3, -0.25) is 9.69 Å². The largest absolute Gasteiger partial charge is 0.457 e. The van der Waals surface area contributed by atoms with E-state index in [9.17, 15) is 9.90 Å². The number of fused-ring (bicyclic) bond motifs is 1. The topological polar surface area (TPSA) is 78.8 Å². The van der Waals surface area contributed by atoms with E-state index >= 15 is 0 Å². The number of carbonyl (C=O) groups is 1. The molecule has 2 fully saturated rings. The highest BCUT2D eigenvalue weighted by Gasteiger charge is 2.53. The van der Waals surface area contributed by atoms with Crippen LogP contribution in [-0.2, 0) is 9.53 Å². The van der Waals surface area contributed by atoms with E-state index in [1.54, 1.807) is 12.4 Å². The summed E-state index contributed by atoms with van der Waals surface area (Å²) in [4.78, 5) is 25.2. The number of nitrogens with zero attached hydrogens (tertiary/aromatic N) is 4. The summed E-state index contributed by atoms with van der Waals surface area (Å²) >= 11 is 3.39. The lowest BCUT2D eigenvalue weighted by molar-refractivity contribution is -0.148. The Kier molecular flexibility index (Phi) is 7.46. The van der Waals surface area contributed by atoms with Crippen molar-refractivity contribution in [2.24, 2.45) is 23.7 Å². The third-order valence-corrected chi connectivity index (χ3v) is 8.10. The summed E-state index contributed by atoms with van der Waals surface area (Å²) < 4.78 is 6.32. The Morgan fingerprint density at radius 3 is 2.61 bits per heavy atom. The van der Waals surface area contributed by atoms with E-state index in [0.717, 1.165) is 61.6 Å². The highest BCUT2D eigenvalue weighted by Crippen LogP contribution is 2.50. The van der Waals surface area contributed by atoms with Crippen LogP contribution in [0.5, 0.6) is 0 Å². The van der Waals surface area contributed by atoms with E-state index in [1.165, 1.54) is 6.92 Å². The van der Waals surface area contributed by atoms with Crippen molar-refractivity contribution < 1.29 is 14.6 Å². The third kappa shape index (κ3) is 5.28. The van der Waals surface area contributed by atoms with Gasteiger partial charge in [0, 0.05) is 58.0 Å². The van der Waals surface area contributed by atoms with Crippen molar-refractivity contribution >= 4 is 27.8 Å². The van der Waals surface area contributed by atoms with Gasteiger partial charge < -0.3 is 14.7 Å². The van der Waals surface area contributed by atoms with Gasteiger partial charge in [0.15, 0.2) is 0 Å². The van der Waals surface area contributed by atoms with Crippen molar-refractivity contribution in [3.8, 4) is 0 Å². The highest BCUT2D eigenvalue weighted by atomic mass is 79.9. The van der Waals surface area contributed by atoms with E-state index < -0.39 is 11.7 Å². The molecule has 33 heavy (non-hydrogen) atoms.